The molecule has 1 saturated heterocycles. The monoisotopic (exact) mass is 361 g/mol. The van der Waals surface area contributed by atoms with Crippen molar-refractivity contribution in [3.05, 3.63) is 23.5 Å². The van der Waals surface area contributed by atoms with Gasteiger partial charge in [0.25, 0.3) is 5.91 Å². The van der Waals surface area contributed by atoms with Gasteiger partial charge in [0.05, 0.1) is 18.9 Å². The Labute approximate surface area is 148 Å². The second kappa shape index (κ2) is 8.31. The van der Waals surface area contributed by atoms with Gasteiger partial charge in [-0.3, -0.25) is 9.69 Å². The zero-order chi connectivity index (χ0) is 18.4. The van der Waals surface area contributed by atoms with Crippen molar-refractivity contribution < 1.29 is 14.2 Å². The van der Waals surface area contributed by atoms with Crippen molar-refractivity contribution >= 4 is 17.9 Å². The maximum atomic E-state index is 12.4. The van der Waals surface area contributed by atoms with Gasteiger partial charge in [-0.2, -0.15) is 9.78 Å². The second-order valence-electron chi connectivity index (χ2n) is 5.40. The van der Waals surface area contributed by atoms with Crippen molar-refractivity contribution in [1.29, 1.82) is 0 Å². The summed E-state index contributed by atoms with van der Waals surface area (Å²) in [4.78, 5) is 14.6. The van der Waals surface area contributed by atoms with E-state index in [-0.39, 0.29) is 17.3 Å². The van der Waals surface area contributed by atoms with E-state index in [0.29, 0.717) is 25.5 Å². The summed E-state index contributed by atoms with van der Waals surface area (Å²) in [5, 5.41) is 19.1. The van der Waals surface area contributed by atoms with Crippen molar-refractivity contribution in [1.82, 2.24) is 35.6 Å². The van der Waals surface area contributed by atoms with Crippen LogP contribution in [0.25, 0.3) is 5.82 Å². The highest BCUT2D eigenvalue weighted by Gasteiger charge is 2.26. The van der Waals surface area contributed by atoms with Gasteiger partial charge in [0.1, 0.15) is 0 Å². The molecular formula is C14H19N9O3. The fourth-order valence-corrected chi connectivity index (χ4v) is 2.38. The molecule has 0 saturated carbocycles. The normalized spacial score (nSPS) is 15.9. The van der Waals surface area contributed by atoms with E-state index in [1.165, 1.54) is 10.9 Å². The molecule has 3 rings (SSSR count). The summed E-state index contributed by atoms with van der Waals surface area (Å²) in [6.45, 7) is 4.92. The molecular weight excluding hydrogens is 342 g/mol. The molecule has 2 aromatic rings. The summed E-state index contributed by atoms with van der Waals surface area (Å²) in [5.74, 6) is -0.260. The lowest BCUT2D eigenvalue weighted by Crippen LogP contribution is -2.37. The average Bonchev–Trinajstić information content (AvgIpc) is 3.25. The van der Waals surface area contributed by atoms with Crippen molar-refractivity contribution in [3.8, 4) is 5.82 Å². The van der Waals surface area contributed by atoms with E-state index in [1.807, 2.05) is 6.92 Å². The van der Waals surface area contributed by atoms with Crippen LogP contribution in [0.2, 0.25) is 0 Å². The molecule has 1 amide bonds. The number of allylic oxidation sites excluding steroid dienone is 2. The quantitative estimate of drug-likeness (QED) is 0.505. The predicted octanol–water partition coefficient (Wildman–Crippen LogP) is -0.644. The number of ether oxygens (including phenoxy) is 1. The molecule has 26 heavy (non-hydrogen) atoms. The van der Waals surface area contributed by atoms with Crippen LogP contribution in [0.4, 0.5) is 5.82 Å². The van der Waals surface area contributed by atoms with Gasteiger partial charge < -0.3 is 10.5 Å². The first kappa shape index (κ1) is 17.7. The minimum absolute atomic E-state index is 0.0520. The van der Waals surface area contributed by atoms with Crippen LogP contribution in [-0.4, -0.2) is 68.6 Å². The number of anilines is 1. The predicted molar refractivity (Wildman–Crippen MR) is 90.5 cm³/mol. The van der Waals surface area contributed by atoms with Crippen molar-refractivity contribution in [2.75, 3.05) is 32.0 Å². The Morgan fingerprint density at radius 2 is 2.19 bits per heavy atom. The Morgan fingerprint density at radius 3 is 2.88 bits per heavy atom. The Kier molecular flexibility index (Phi) is 5.66. The molecule has 1 aliphatic rings. The van der Waals surface area contributed by atoms with Crippen molar-refractivity contribution in [3.63, 3.8) is 0 Å². The highest BCUT2D eigenvalue weighted by atomic mass is 16.6. The Bertz CT molecular complexity index is 804. The lowest BCUT2D eigenvalue weighted by Gasteiger charge is -2.26. The number of nitrogens with two attached hydrogens (primary N) is 1. The van der Waals surface area contributed by atoms with E-state index in [2.05, 4.69) is 40.7 Å². The number of morpholine rings is 1. The fraction of sp³-hybridized carbons (Fsp3) is 0.429. The largest absolute Gasteiger partial charge is 0.379 e. The summed E-state index contributed by atoms with van der Waals surface area (Å²) < 4.78 is 11.3. The maximum Gasteiger partial charge on any atom is 0.293 e. The minimum Gasteiger partial charge on any atom is -0.379 e. The highest BCUT2D eigenvalue weighted by molar-refractivity contribution is 5.93. The third-order valence-corrected chi connectivity index (χ3v) is 3.67. The number of nitrogen functional groups attached to an aromatic ring is 1. The Hall–Kier alpha value is -3.12. The first-order chi connectivity index (χ1) is 12.7. The van der Waals surface area contributed by atoms with Crippen LogP contribution in [-0.2, 0) is 11.3 Å². The lowest BCUT2D eigenvalue weighted by atomic mass is 10.2. The standard InChI is InChI=1S/C14H19N9O3/c1-2-3-4-16-18-14(24)11-10(9-22-5-7-25-8-6-22)23(21-17-11)13-12(15)19-26-20-13/h2-4H,5-9H2,1H3,(H2,15,19)(H,18,24)/b3-2+,16-4?. The van der Waals surface area contributed by atoms with Gasteiger partial charge in [-0.15, -0.1) is 5.10 Å². The number of carbonyl (C=O) groups excluding carboxylic acids is 1. The molecule has 138 valence electrons. The number of nitrogens with zero attached hydrogens (tertiary/aromatic N) is 7. The van der Waals surface area contributed by atoms with E-state index in [0.717, 1.165) is 13.1 Å². The number of hydrogen-bond donors (Lipinski definition) is 2. The van der Waals surface area contributed by atoms with Crippen LogP contribution in [0, 0.1) is 0 Å². The first-order valence-electron chi connectivity index (χ1n) is 7.98. The number of nitrogens with one attached hydrogen (secondary N) is 1. The van der Waals surface area contributed by atoms with E-state index in [4.69, 9.17) is 10.5 Å². The topological polar surface area (TPSA) is 150 Å². The summed E-state index contributed by atoms with van der Waals surface area (Å²) in [5.41, 5.74) is 8.80. The number of amides is 1. The third-order valence-electron chi connectivity index (χ3n) is 3.67. The zero-order valence-electron chi connectivity index (χ0n) is 14.2. The molecule has 0 spiro atoms. The summed E-state index contributed by atoms with van der Waals surface area (Å²) in [7, 11) is 0. The van der Waals surface area contributed by atoms with E-state index in [9.17, 15) is 4.79 Å². The number of hydrogen-bond acceptors (Lipinski definition) is 10. The number of rotatable bonds is 6. The van der Waals surface area contributed by atoms with Gasteiger partial charge >= 0.3 is 0 Å². The first-order valence-corrected chi connectivity index (χ1v) is 7.98. The molecule has 12 heteroatoms. The Morgan fingerprint density at radius 1 is 1.38 bits per heavy atom. The molecule has 0 unspecified atom stereocenters. The number of hydrazone groups is 1. The lowest BCUT2D eigenvalue weighted by molar-refractivity contribution is 0.0332. The molecule has 3 heterocycles. The van der Waals surface area contributed by atoms with Crippen LogP contribution in [0.3, 0.4) is 0 Å². The molecule has 0 bridgehead atoms. The SMILES string of the molecule is C/C=C/C=NNC(=O)c1nnn(-c2nonc2N)c1CN1CCOCC1. The number of aromatic nitrogens is 5. The van der Waals surface area contributed by atoms with Gasteiger partial charge in [0.2, 0.25) is 11.6 Å². The number of carbonyl (C=O) groups is 1. The molecule has 0 aromatic carbocycles. The molecule has 1 aliphatic heterocycles. The summed E-state index contributed by atoms with van der Waals surface area (Å²) in [6.07, 6.45) is 4.94. The third kappa shape index (κ3) is 3.92. The molecule has 3 N–H and O–H groups in total. The average molecular weight is 361 g/mol. The van der Waals surface area contributed by atoms with E-state index in [1.54, 1.807) is 12.2 Å². The van der Waals surface area contributed by atoms with Crippen LogP contribution in [0.15, 0.2) is 21.9 Å². The van der Waals surface area contributed by atoms with Crippen molar-refractivity contribution in [2.24, 2.45) is 5.10 Å². The minimum atomic E-state index is -0.490. The molecule has 0 atom stereocenters. The van der Waals surface area contributed by atoms with E-state index < -0.39 is 5.91 Å². The second-order valence-corrected chi connectivity index (χ2v) is 5.40. The highest BCUT2D eigenvalue weighted by Crippen LogP contribution is 2.18. The Balaban J connectivity index is 1.89. The van der Waals surface area contributed by atoms with Gasteiger partial charge in [0, 0.05) is 25.8 Å². The van der Waals surface area contributed by atoms with Gasteiger partial charge in [-0.05, 0) is 23.3 Å². The molecule has 2 aromatic heterocycles. The van der Waals surface area contributed by atoms with Gasteiger partial charge in [-0.25, -0.2) is 10.1 Å². The van der Waals surface area contributed by atoms with Crippen LogP contribution in [0.5, 0.6) is 0 Å². The zero-order valence-corrected chi connectivity index (χ0v) is 14.2. The summed E-state index contributed by atoms with van der Waals surface area (Å²) in [6, 6.07) is 0. The van der Waals surface area contributed by atoms with Gasteiger partial charge in [-0.1, -0.05) is 11.3 Å². The summed E-state index contributed by atoms with van der Waals surface area (Å²) >= 11 is 0. The van der Waals surface area contributed by atoms with Gasteiger partial charge in [0.15, 0.2) is 5.69 Å². The van der Waals surface area contributed by atoms with Crippen LogP contribution < -0.4 is 11.2 Å². The van der Waals surface area contributed by atoms with E-state index >= 15 is 0 Å². The maximum absolute atomic E-state index is 12.4. The van der Waals surface area contributed by atoms with Crippen LogP contribution in [0.1, 0.15) is 23.1 Å². The molecule has 0 aliphatic carbocycles. The van der Waals surface area contributed by atoms with Crippen LogP contribution >= 0.6 is 0 Å². The fourth-order valence-electron chi connectivity index (χ4n) is 2.38. The molecule has 0 radical (unpaired) electrons. The smallest absolute Gasteiger partial charge is 0.293 e. The molecule has 1 fully saturated rings. The van der Waals surface area contributed by atoms with Crippen molar-refractivity contribution in [2.45, 2.75) is 13.5 Å². The molecule has 12 nitrogen and oxygen atoms in total.